The molecule has 0 radical (unpaired) electrons. The number of ether oxygens (including phenoxy) is 1. The largest absolute Gasteiger partial charge is 0.467 e. The monoisotopic (exact) mass is 358 g/mol. The molecule has 1 aromatic carbocycles. The summed E-state index contributed by atoms with van der Waals surface area (Å²) in [5.41, 5.74) is 0.559. The van der Waals surface area contributed by atoms with E-state index >= 15 is 0 Å². The molecule has 26 heavy (non-hydrogen) atoms. The molecule has 7 heteroatoms. The molecule has 0 spiro atoms. The van der Waals surface area contributed by atoms with Gasteiger partial charge in [-0.15, -0.1) is 0 Å². The van der Waals surface area contributed by atoms with Crippen molar-refractivity contribution in [1.29, 1.82) is 0 Å². The average molecular weight is 358 g/mol. The van der Waals surface area contributed by atoms with Crippen LogP contribution in [0.3, 0.4) is 0 Å². The van der Waals surface area contributed by atoms with Crippen LogP contribution in [0.25, 0.3) is 0 Å². The third-order valence-corrected chi connectivity index (χ3v) is 4.12. The summed E-state index contributed by atoms with van der Waals surface area (Å²) in [6, 6.07) is 8.89. The standard InChI is InChI=1S/C19H22N2O5/c1-4-12(2)16(19(24)25-3)21-17(22)13-8-5-6-9-14(13)20-18(23)15-10-7-11-26-15/h5-12,16H,4H2,1-3H3,(H,20,23)(H,21,22)/t12-,16-/m0/s1. The molecule has 0 aliphatic carbocycles. The van der Waals surface area contributed by atoms with Crippen LogP contribution in [0.1, 0.15) is 41.2 Å². The summed E-state index contributed by atoms with van der Waals surface area (Å²) in [6.45, 7) is 3.77. The van der Waals surface area contributed by atoms with Crippen molar-refractivity contribution in [2.75, 3.05) is 12.4 Å². The fourth-order valence-corrected chi connectivity index (χ4v) is 2.40. The Hall–Kier alpha value is -3.09. The molecule has 0 fully saturated rings. The zero-order valence-electron chi connectivity index (χ0n) is 14.9. The lowest BCUT2D eigenvalue weighted by Gasteiger charge is -2.22. The molecule has 0 unspecified atom stereocenters. The van der Waals surface area contributed by atoms with Crippen LogP contribution >= 0.6 is 0 Å². The van der Waals surface area contributed by atoms with E-state index in [2.05, 4.69) is 10.6 Å². The molecule has 0 bridgehead atoms. The van der Waals surface area contributed by atoms with E-state index in [-0.39, 0.29) is 17.2 Å². The van der Waals surface area contributed by atoms with Crippen molar-refractivity contribution in [2.24, 2.45) is 5.92 Å². The highest BCUT2D eigenvalue weighted by Crippen LogP contribution is 2.18. The number of esters is 1. The number of hydrogen-bond donors (Lipinski definition) is 2. The summed E-state index contributed by atoms with van der Waals surface area (Å²) in [5, 5.41) is 5.34. The fraction of sp³-hybridized carbons (Fsp3) is 0.316. The first kappa shape index (κ1) is 19.2. The van der Waals surface area contributed by atoms with Gasteiger partial charge in [0.1, 0.15) is 6.04 Å². The first-order valence-corrected chi connectivity index (χ1v) is 8.30. The highest BCUT2D eigenvalue weighted by atomic mass is 16.5. The van der Waals surface area contributed by atoms with E-state index < -0.39 is 23.8 Å². The van der Waals surface area contributed by atoms with Crippen LogP contribution in [0.2, 0.25) is 0 Å². The lowest BCUT2D eigenvalue weighted by Crippen LogP contribution is -2.45. The Balaban J connectivity index is 2.20. The maximum Gasteiger partial charge on any atom is 0.328 e. The number of amides is 2. The summed E-state index contributed by atoms with van der Waals surface area (Å²) in [6.07, 6.45) is 2.08. The molecule has 0 aliphatic rings. The molecule has 7 nitrogen and oxygen atoms in total. The SMILES string of the molecule is CC[C@H](C)[C@H](NC(=O)c1ccccc1NC(=O)c1ccco1)C(=O)OC. The Bertz CT molecular complexity index is 770. The molecule has 0 aliphatic heterocycles. The average Bonchev–Trinajstić information content (AvgIpc) is 3.20. The number of carbonyl (C=O) groups excluding carboxylic acids is 3. The minimum atomic E-state index is -0.772. The molecule has 1 heterocycles. The van der Waals surface area contributed by atoms with Crippen molar-refractivity contribution in [1.82, 2.24) is 5.32 Å². The van der Waals surface area contributed by atoms with Crippen LogP contribution in [0.5, 0.6) is 0 Å². The minimum absolute atomic E-state index is 0.101. The van der Waals surface area contributed by atoms with Crippen molar-refractivity contribution in [2.45, 2.75) is 26.3 Å². The Morgan fingerprint density at radius 1 is 1.12 bits per heavy atom. The van der Waals surface area contributed by atoms with Crippen molar-refractivity contribution >= 4 is 23.5 Å². The predicted molar refractivity (Wildman–Crippen MR) is 95.8 cm³/mol. The van der Waals surface area contributed by atoms with Gasteiger partial charge in [-0.1, -0.05) is 32.4 Å². The van der Waals surface area contributed by atoms with Gasteiger partial charge in [0.15, 0.2) is 5.76 Å². The third-order valence-electron chi connectivity index (χ3n) is 4.12. The first-order chi connectivity index (χ1) is 12.5. The highest BCUT2D eigenvalue weighted by molar-refractivity contribution is 6.08. The van der Waals surface area contributed by atoms with Crippen LogP contribution in [0.4, 0.5) is 5.69 Å². The van der Waals surface area contributed by atoms with E-state index in [4.69, 9.17) is 9.15 Å². The van der Waals surface area contributed by atoms with Gasteiger partial charge in [-0.25, -0.2) is 4.79 Å². The van der Waals surface area contributed by atoms with Crippen LogP contribution < -0.4 is 10.6 Å². The number of hydrogen-bond acceptors (Lipinski definition) is 5. The number of methoxy groups -OCH3 is 1. The van der Waals surface area contributed by atoms with Crippen LogP contribution in [0.15, 0.2) is 47.1 Å². The molecule has 138 valence electrons. The summed E-state index contributed by atoms with van der Waals surface area (Å²) in [4.78, 5) is 36.8. The van der Waals surface area contributed by atoms with E-state index in [0.717, 1.165) is 0 Å². The third kappa shape index (κ3) is 4.50. The van der Waals surface area contributed by atoms with E-state index in [0.29, 0.717) is 12.1 Å². The van der Waals surface area contributed by atoms with E-state index in [1.165, 1.54) is 19.4 Å². The molecule has 2 rings (SSSR count). The number of carbonyl (C=O) groups is 3. The normalized spacial score (nSPS) is 12.7. The van der Waals surface area contributed by atoms with E-state index in [9.17, 15) is 14.4 Å². The second-order valence-corrected chi connectivity index (χ2v) is 5.84. The molecule has 2 amide bonds. The lowest BCUT2D eigenvalue weighted by atomic mass is 9.98. The second-order valence-electron chi connectivity index (χ2n) is 5.84. The Labute approximate surface area is 151 Å². The lowest BCUT2D eigenvalue weighted by molar-refractivity contribution is -0.144. The minimum Gasteiger partial charge on any atom is -0.467 e. The summed E-state index contributed by atoms with van der Waals surface area (Å²) < 4.78 is 9.83. The van der Waals surface area contributed by atoms with Gasteiger partial charge in [0, 0.05) is 0 Å². The maximum atomic E-state index is 12.7. The topological polar surface area (TPSA) is 97.6 Å². The van der Waals surface area contributed by atoms with Crippen molar-refractivity contribution in [3.05, 3.63) is 54.0 Å². The number of benzene rings is 1. The molecular weight excluding hydrogens is 336 g/mol. The predicted octanol–water partition coefficient (Wildman–Crippen LogP) is 2.85. The Kier molecular flexibility index (Phi) is 6.54. The van der Waals surface area contributed by atoms with Gasteiger partial charge in [-0.3, -0.25) is 9.59 Å². The molecule has 2 atom stereocenters. The van der Waals surface area contributed by atoms with E-state index in [1.807, 2.05) is 13.8 Å². The smallest absolute Gasteiger partial charge is 0.328 e. The van der Waals surface area contributed by atoms with Gasteiger partial charge in [-0.2, -0.15) is 0 Å². The number of anilines is 1. The summed E-state index contributed by atoms with van der Waals surface area (Å²) in [5.74, 6) is -1.42. The van der Waals surface area contributed by atoms with Crippen molar-refractivity contribution in [3.8, 4) is 0 Å². The number of rotatable bonds is 7. The quantitative estimate of drug-likeness (QED) is 0.742. The van der Waals surface area contributed by atoms with Crippen LogP contribution in [0, 0.1) is 5.92 Å². The first-order valence-electron chi connectivity index (χ1n) is 8.30. The molecule has 0 saturated carbocycles. The van der Waals surface area contributed by atoms with Crippen LogP contribution in [-0.4, -0.2) is 30.9 Å². The summed E-state index contributed by atoms with van der Waals surface area (Å²) >= 11 is 0. The second kappa shape index (κ2) is 8.84. The van der Waals surface area contributed by atoms with Gasteiger partial charge in [-0.05, 0) is 30.2 Å². The van der Waals surface area contributed by atoms with Gasteiger partial charge in [0.05, 0.1) is 24.6 Å². The van der Waals surface area contributed by atoms with Crippen LogP contribution in [-0.2, 0) is 9.53 Å². The van der Waals surface area contributed by atoms with Gasteiger partial charge < -0.3 is 19.8 Å². The zero-order chi connectivity index (χ0) is 19.1. The zero-order valence-corrected chi connectivity index (χ0v) is 14.9. The Morgan fingerprint density at radius 2 is 1.85 bits per heavy atom. The number of furan rings is 1. The number of para-hydroxylation sites is 1. The van der Waals surface area contributed by atoms with Crippen molar-refractivity contribution in [3.63, 3.8) is 0 Å². The molecule has 2 aromatic rings. The fourth-order valence-electron chi connectivity index (χ4n) is 2.40. The van der Waals surface area contributed by atoms with Gasteiger partial charge in [0.25, 0.3) is 11.8 Å². The van der Waals surface area contributed by atoms with Gasteiger partial charge >= 0.3 is 5.97 Å². The number of nitrogens with one attached hydrogen (secondary N) is 2. The molecule has 2 N–H and O–H groups in total. The molecular formula is C19H22N2O5. The van der Waals surface area contributed by atoms with E-state index in [1.54, 1.807) is 30.3 Å². The highest BCUT2D eigenvalue weighted by Gasteiger charge is 2.28. The molecule has 0 saturated heterocycles. The maximum absolute atomic E-state index is 12.7. The summed E-state index contributed by atoms with van der Waals surface area (Å²) in [7, 11) is 1.28. The molecule has 1 aromatic heterocycles. The Morgan fingerprint density at radius 3 is 2.46 bits per heavy atom. The van der Waals surface area contributed by atoms with Gasteiger partial charge in [0.2, 0.25) is 0 Å². The van der Waals surface area contributed by atoms with Crippen molar-refractivity contribution < 1.29 is 23.5 Å².